The van der Waals surface area contributed by atoms with Gasteiger partial charge in [0.15, 0.2) is 11.5 Å². The molecule has 0 spiro atoms. The van der Waals surface area contributed by atoms with E-state index in [9.17, 15) is 9.59 Å². The molecule has 7 heteroatoms. The Bertz CT molecular complexity index is 611. The number of nitrogens with one attached hydrogen (secondary N) is 1. The van der Waals surface area contributed by atoms with Crippen LogP contribution in [0.3, 0.4) is 0 Å². The Balaban J connectivity index is 1.80. The summed E-state index contributed by atoms with van der Waals surface area (Å²) in [6.45, 7) is 1.00. The van der Waals surface area contributed by atoms with Gasteiger partial charge in [0.25, 0.3) is 0 Å². The molecule has 2 N–H and O–H groups in total. The van der Waals surface area contributed by atoms with E-state index in [0.29, 0.717) is 24.7 Å². The molecule has 1 amide bonds. The van der Waals surface area contributed by atoms with Crippen molar-refractivity contribution in [3.8, 4) is 11.5 Å². The standard InChI is InChI=1S/C17H21NO6/c19-16(17(20)21)18-24-15(11-4-2-1-3-5-11)12-6-7-13-14(10-12)23-9-8-22-13/h6-7,10-11,15H,1-5,8-9H2,(H,18,19)(H,20,21). The minimum atomic E-state index is -1.57. The van der Waals surface area contributed by atoms with E-state index in [-0.39, 0.29) is 5.92 Å². The van der Waals surface area contributed by atoms with Crippen LogP contribution < -0.4 is 15.0 Å². The van der Waals surface area contributed by atoms with Gasteiger partial charge >= 0.3 is 11.9 Å². The molecule has 1 unspecified atom stereocenters. The van der Waals surface area contributed by atoms with Crippen molar-refractivity contribution in [1.29, 1.82) is 0 Å². The van der Waals surface area contributed by atoms with Crippen LogP contribution in [-0.4, -0.2) is 30.2 Å². The number of aliphatic carboxylic acids is 1. The zero-order valence-corrected chi connectivity index (χ0v) is 13.3. The van der Waals surface area contributed by atoms with Crippen molar-refractivity contribution in [3.63, 3.8) is 0 Å². The number of hydroxylamine groups is 1. The molecular weight excluding hydrogens is 314 g/mol. The van der Waals surface area contributed by atoms with Gasteiger partial charge in [-0.2, -0.15) is 0 Å². The third kappa shape index (κ3) is 3.79. The molecule has 0 radical (unpaired) electrons. The van der Waals surface area contributed by atoms with Gasteiger partial charge in [-0.3, -0.25) is 9.63 Å². The Kier molecular flexibility index (Phi) is 5.20. The number of rotatable bonds is 4. The van der Waals surface area contributed by atoms with Gasteiger partial charge in [-0.05, 0) is 36.5 Å². The van der Waals surface area contributed by atoms with Crippen LogP contribution in [0.15, 0.2) is 18.2 Å². The number of carboxylic acid groups (broad SMARTS) is 1. The smallest absolute Gasteiger partial charge is 0.396 e. The molecule has 0 aromatic heterocycles. The van der Waals surface area contributed by atoms with Crippen molar-refractivity contribution in [1.82, 2.24) is 5.48 Å². The van der Waals surface area contributed by atoms with E-state index in [1.54, 1.807) is 0 Å². The minimum absolute atomic E-state index is 0.218. The second kappa shape index (κ2) is 7.53. The monoisotopic (exact) mass is 335 g/mol. The summed E-state index contributed by atoms with van der Waals surface area (Å²) in [5.41, 5.74) is 2.89. The third-order valence-corrected chi connectivity index (χ3v) is 4.45. The quantitative estimate of drug-likeness (QED) is 0.647. The van der Waals surface area contributed by atoms with E-state index in [1.165, 1.54) is 6.42 Å². The lowest BCUT2D eigenvalue weighted by Gasteiger charge is -2.30. The van der Waals surface area contributed by atoms with E-state index in [1.807, 2.05) is 23.7 Å². The highest BCUT2D eigenvalue weighted by Gasteiger charge is 2.29. The Morgan fingerprint density at radius 2 is 1.83 bits per heavy atom. The predicted molar refractivity (Wildman–Crippen MR) is 83.6 cm³/mol. The normalized spacial score (nSPS) is 18.7. The first-order valence-electron chi connectivity index (χ1n) is 8.23. The van der Waals surface area contributed by atoms with Gasteiger partial charge in [0, 0.05) is 0 Å². The molecule has 1 heterocycles. The van der Waals surface area contributed by atoms with Crippen LogP contribution >= 0.6 is 0 Å². The third-order valence-electron chi connectivity index (χ3n) is 4.45. The molecule has 7 nitrogen and oxygen atoms in total. The maximum Gasteiger partial charge on any atom is 0.396 e. The van der Waals surface area contributed by atoms with E-state index in [2.05, 4.69) is 0 Å². The Hall–Kier alpha value is -2.28. The number of amides is 1. The highest BCUT2D eigenvalue weighted by Crippen LogP contribution is 2.40. The van der Waals surface area contributed by atoms with Gasteiger partial charge in [-0.25, -0.2) is 10.3 Å². The molecule has 1 fully saturated rings. The van der Waals surface area contributed by atoms with E-state index < -0.39 is 18.0 Å². The Morgan fingerprint density at radius 3 is 2.54 bits per heavy atom. The molecule has 0 bridgehead atoms. The van der Waals surface area contributed by atoms with E-state index in [4.69, 9.17) is 19.4 Å². The molecule has 1 aliphatic heterocycles. The Labute approximate surface area is 139 Å². The van der Waals surface area contributed by atoms with Crippen LogP contribution in [0.5, 0.6) is 11.5 Å². The van der Waals surface area contributed by atoms with Gasteiger partial charge in [0.1, 0.15) is 19.3 Å². The number of carbonyl (C=O) groups is 2. The van der Waals surface area contributed by atoms with Gasteiger partial charge in [-0.15, -0.1) is 0 Å². The van der Waals surface area contributed by atoms with Crippen molar-refractivity contribution < 1.29 is 29.0 Å². The Morgan fingerprint density at radius 1 is 1.12 bits per heavy atom. The van der Waals surface area contributed by atoms with E-state index >= 15 is 0 Å². The lowest BCUT2D eigenvalue weighted by Crippen LogP contribution is -2.34. The molecule has 130 valence electrons. The van der Waals surface area contributed by atoms with Crippen molar-refractivity contribution in [3.05, 3.63) is 23.8 Å². The van der Waals surface area contributed by atoms with Crippen molar-refractivity contribution in [2.24, 2.45) is 5.92 Å². The number of hydrogen-bond donors (Lipinski definition) is 2. The largest absolute Gasteiger partial charge is 0.486 e. The molecule has 1 aromatic rings. The number of ether oxygens (including phenoxy) is 2. The summed E-state index contributed by atoms with van der Waals surface area (Å²) < 4.78 is 11.1. The first-order valence-corrected chi connectivity index (χ1v) is 8.23. The fraction of sp³-hybridized carbons (Fsp3) is 0.529. The van der Waals surface area contributed by atoms with Crippen LogP contribution in [0.2, 0.25) is 0 Å². The fourth-order valence-corrected chi connectivity index (χ4v) is 3.27. The summed E-state index contributed by atoms with van der Waals surface area (Å²) in [6, 6.07) is 5.54. The topological polar surface area (TPSA) is 94.1 Å². The summed E-state index contributed by atoms with van der Waals surface area (Å²) in [5.74, 6) is -1.20. The number of carbonyl (C=O) groups excluding carboxylic acids is 1. The maximum absolute atomic E-state index is 11.3. The van der Waals surface area contributed by atoms with Crippen LogP contribution in [0.1, 0.15) is 43.8 Å². The molecule has 1 saturated carbocycles. The van der Waals surface area contributed by atoms with Crippen molar-refractivity contribution >= 4 is 11.9 Å². The number of hydrogen-bond acceptors (Lipinski definition) is 5. The second-order valence-electron chi connectivity index (χ2n) is 6.08. The predicted octanol–water partition coefficient (Wildman–Crippen LogP) is 2.21. The molecule has 1 atom stereocenters. The molecule has 1 aromatic carbocycles. The van der Waals surface area contributed by atoms with Crippen LogP contribution in [-0.2, 0) is 14.4 Å². The summed E-state index contributed by atoms with van der Waals surface area (Å²) in [4.78, 5) is 27.5. The van der Waals surface area contributed by atoms with Crippen LogP contribution in [0.4, 0.5) is 0 Å². The average Bonchev–Trinajstić information content (AvgIpc) is 2.62. The van der Waals surface area contributed by atoms with Crippen LogP contribution in [0, 0.1) is 5.92 Å². The number of fused-ring (bicyclic) bond motifs is 1. The minimum Gasteiger partial charge on any atom is -0.486 e. The number of carboxylic acids is 1. The van der Waals surface area contributed by atoms with Crippen LogP contribution in [0.25, 0.3) is 0 Å². The van der Waals surface area contributed by atoms with Gasteiger partial charge in [0.05, 0.1) is 0 Å². The highest BCUT2D eigenvalue weighted by atomic mass is 16.7. The zero-order chi connectivity index (χ0) is 16.9. The molecule has 3 rings (SSSR count). The lowest BCUT2D eigenvalue weighted by molar-refractivity contribution is -0.161. The van der Waals surface area contributed by atoms with Gasteiger partial charge in [-0.1, -0.05) is 25.3 Å². The first-order chi connectivity index (χ1) is 11.6. The van der Waals surface area contributed by atoms with Gasteiger partial charge in [0.2, 0.25) is 0 Å². The SMILES string of the molecule is O=C(O)C(=O)NOC(c1ccc2c(c1)OCCO2)C1CCCCC1. The molecule has 1 aliphatic carbocycles. The number of benzene rings is 1. The van der Waals surface area contributed by atoms with Crippen molar-refractivity contribution in [2.45, 2.75) is 38.2 Å². The average molecular weight is 335 g/mol. The molecule has 2 aliphatic rings. The zero-order valence-electron chi connectivity index (χ0n) is 13.3. The highest BCUT2D eigenvalue weighted by molar-refractivity contribution is 6.31. The summed E-state index contributed by atoms with van der Waals surface area (Å²) in [7, 11) is 0. The summed E-state index contributed by atoms with van der Waals surface area (Å²) in [5, 5.41) is 8.71. The van der Waals surface area contributed by atoms with Crippen molar-refractivity contribution in [2.75, 3.05) is 13.2 Å². The summed E-state index contributed by atoms with van der Waals surface area (Å²) >= 11 is 0. The van der Waals surface area contributed by atoms with Gasteiger partial charge < -0.3 is 14.6 Å². The maximum atomic E-state index is 11.3. The second-order valence-corrected chi connectivity index (χ2v) is 6.08. The molecule has 0 saturated heterocycles. The fourth-order valence-electron chi connectivity index (χ4n) is 3.27. The first kappa shape index (κ1) is 16.6. The van der Waals surface area contributed by atoms with E-state index in [0.717, 1.165) is 31.2 Å². The summed E-state index contributed by atoms with van der Waals surface area (Å²) in [6.07, 6.45) is 4.92. The molecular formula is C17H21NO6. The lowest BCUT2D eigenvalue weighted by atomic mass is 9.82. The molecule has 24 heavy (non-hydrogen) atoms.